The highest BCUT2D eigenvalue weighted by Gasteiger charge is 2.42. The van der Waals surface area contributed by atoms with Gasteiger partial charge in [0, 0.05) is 24.6 Å². The lowest BCUT2D eigenvalue weighted by atomic mass is 9.79. The predicted octanol–water partition coefficient (Wildman–Crippen LogP) is 3.35. The number of fused-ring (bicyclic) bond motifs is 1. The zero-order chi connectivity index (χ0) is 13.5. The van der Waals surface area contributed by atoms with Gasteiger partial charge in [-0.3, -0.25) is 4.79 Å². The topological polar surface area (TPSA) is 46.3 Å². The Labute approximate surface area is 119 Å². The van der Waals surface area contributed by atoms with Crippen molar-refractivity contribution in [1.29, 1.82) is 0 Å². The van der Waals surface area contributed by atoms with Crippen molar-refractivity contribution >= 4 is 5.91 Å². The molecule has 2 aliphatic carbocycles. The molecule has 108 valence electrons. The highest BCUT2D eigenvalue weighted by atomic mass is 16.5. The molecule has 0 spiro atoms. The Morgan fingerprint density at radius 1 is 1.15 bits per heavy atom. The lowest BCUT2D eigenvalue weighted by molar-refractivity contribution is 0.00356. The van der Waals surface area contributed by atoms with Crippen LogP contribution < -0.4 is 0 Å². The third-order valence-corrected chi connectivity index (χ3v) is 5.19. The number of aromatic nitrogens is 1. The van der Waals surface area contributed by atoms with E-state index in [2.05, 4.69) is 5.16 Å². The summed E-state index contributed by atoms with van der Waals surface area (Å²) in [6.45, 7) is 0.926. The Morgan fingerprint density at radius 2 is 1.95 bits per heavy atom. The molecule has 1 aromatic heterocycles. The fraction of sp³-hybridized carbons (Fsp3) is 0.750. The fourth-order valence-electron chi connectivity index (χ4n) is 3.75. The summed E-state index contributed by atoms with van der Waals surface area (Å²) in [6, 6.07) is 2.33. The third-order valence-electron chi connectivity index (χ3n) is 5.19. The summed E-state index contributed by atoms with van der Waals surface area (Å²) in [5.74, 6) is 2.24. The molecule has 2 atom stereocenters. The SMILES string of the molecule is O=C(c1cc(C2CC2)on1)N1C[C@H]2CCCCCC[C@H]21. The monoisotopic (exact) mass is 274 g/mol. The van der Waals surface area contributed by atoms with Gasteiger partial charge in [-0.1, -0.05) is 30.8 Å². The molecule has 1 saturated heterocycles. The summed E-state index contributed by atoms with van der Waals surface area (Å²) in [4.78, 5) is 14.6. The number of rotatable bonds is 2. The number of hydrogen-bond donors (Lipinski definition) is 0. The van der Waals surface area contributed by atoms with Crippen molar-refractivity contribution in [2.75, 3.05) is 6.54 Å². The molecule has 4 rings (SSSR count). The molecule has 4 nitrogen and oxygen atoms in total. The van der Waals surface area contributed by atoms with Crippen molar-refractivity contribution in [2.45, 2.75) is 63.3 Å². The molecule has 4 heteroatoms. The van der Waals surface area contributed by atoms with Crippen LogP contribution in [0.1, 0.15) is 73.5 Å². The first-order chi connectivity index (χ1) is 9.83. The normalized spacial score (nSPS) is 30.1. The third kappa shape index (κ3) is 2.15. The average Bonchev–Trinajstić information content (AvgIpc) is 3.15. The smallest absolute Gasteiger partial charge is 0.276 e. The molecule has 3 fully saturated rings. The van der Waals surface area contributed by atoms with E-state index < -0.39 is 0 Å². The largest absolute Gasteiger partial charge is 0.360 e. The second kappa shape index (κ2) is 4.90. The number of carbonyl (C=O) groups excluding carboxylic acids is 1. The number of carbonyl (C=O) groups is 1. The van der Waals surface area contributed by atoms with Crippen molar-refractivity contribution < 1.29 is 9.32 Å². The summed E-state index contributed by atoms with van der Waals surface area (Å²) >= 11 is 0. The summed E-state index contributed by atoms with van der Waals surface area (Å²) in [5, 5.41) is 3.99. The van der Waals surface area contributed by atoms with Gasteiger partial charge in [-0.05, 0) is 31.6 Å². The van der Waals surface area contributed by atoms with Crippen LogP contribution in [0.4, 0.5) is 0 Å². The maximum atomic E-state index is 12.5. The van der Waals surface area contributed by atoms with Gasteiger partial charge in [0.25, 0.3) is 5.91 Å². The van der Waals surface area contributed by atoms with Crippen molar-refractivity contribution in [3.63, 3.8) is 0 Å². The molecule has 0 N–H and O–H groups in total. The van der Waals surface area contributed by atoms with Gasteiger partial charge in [0.1, 0.15) is 5.76 Å². The van der Waals surface area contributed by atoms with E-state index in [0.29, 0.717) is 17.7 Å². The van der Waals surface area contributed by atoms with Crippen molar-refractivity contribution in [1.82, 2.24) is 10.1 Å². The lowest BCUT2D eigenvalue weighted by Crippen LogP contribution is -2.58. The van der Waals surface area contributed by atoms with Gasteiger partial charge >= 0.3 is 0 Å². The molecule has 0 bridgehead atoms. The van der Waals surface area contributed by atoms with E-state index in [9.17, 15) is 4.79 Å². The van der Waals surface area contributed by atoms with Crippen molar-refractivity contribution in [2.24, 2.45) is 5.92 Å². The minimum absolute atomic E-state index is 0.0856. The molecule has 0 unspecified atom stereocenters. The summed E-state index contributed by atoms with van der Waals surface area (Å²) in [5.41, 5.74) is 0.521. The van der Waals surface area contributed by atoms with Crippen molar-refractivity contribution in [3.8, 4) is 0 Å². The zero-order valence-electron chi connectivity index (χ0n) is 11.9. The van der Waals surface area contributed by atoms with E-state index in [1.54, 1.807) is 0 Å². The summed E-state index contributed by atoms with van der Waals surface area (Å²) in [7, 11) is 0. The molecule has 1 amide bonds. The minimum atomic E-state index is 0.0856. The van der Waals surface area contributed by atoms with E-state index in [4.69, 9.17) is 4.52 Å². The van der Waals surface area contributed by atoms with Gasteiger partial charge in [0.15, 0.2) is 5.69 Å². The van der Waals surface area contributed by atoms with Crippen LogP contribution in [0.2, 0.25) is 0 Å². The minimum Gasteiger partial charge on any atom is -0.360 e. The van der Waals surface area contributed by atoms with Crippen molar-refractivity contribution in [3.05, 3.63) is 17.5 Å². The van der Waals surface area contributed by atoms with Gasteiger partial charge in [-0.2, -0.15) is 0 Å². The fourth-order valence-corrected chi connectivity index (χ4v) is 3.75. The second-order valence-corrected chi connectivity index (χ2v) is 6.67. The highest BCUT2D eigenvalue weighted by molar-refractivity contribution is 5.93. The van der Waals surface area contributed by atoms with Crippen LogP contribution in [0.15, 0.2) is 10.6 Å². The first kappa shape index (κ1) is 12.4. The molecule has 2 saturated carbocycles. The zero-order valence-corrected chi connectivity index (χ0v) is 11.9. The standard InChI is InChI=1S/C16H22N2O2/c19-16(13-9-15(20-17-13)11-7-8-11)18-10-12-5-3-1-2-4-6-14(12)18/h9,11-12,14H,1-8,10H2/t12-,14-/m1/s1. The number of amides is 1. The number of hydrogen-bond acceptors (Lipinski definition) is 3. The van der Waals surface area contributed by atoms with Crippen LogP contribution in [0, 0.1) is 5.92 Å². The van der Waals surface area contributed by atoms with E-state index in [0.717, 1.165) is 18.2 Å². The van der Waals surface area contributed by atoms with E-state index >= 15 is 0 Å². The van der Waals surface area contributed by atoms with E-state index in [1.807, 2.05) is 11.0 Å². The van der Waals surface area contributed by atoms with Gasteiger partial charge in [0.05, 0.1) is 0 Å². The number of nitrogens with zero attached hydrogens (tertiary/aromatic N) is 2. The molecule has 2 heterocycles. The molecular formula is C16H22N2O2. The first-order valence-electron chi connectivity index (χ1n) is 8.10. The summed E-state index contributed by atoms with van der Waals surface area (Å²) in [6.07, 6.45) is 10.1. The van der Waals surface area contributed by atoms with Crippen LogP contribution >= 0.6 is 0 Å². The van der Waals surface area contributed by atoms with E-state index in [-0.39, 0.29) is 5.91 Å². The maximum Gasteiger partial charge on any atom is 0.276 e. The molecule has 20 heavy (non-hydrogen) atoms. The van der Waals surface area contributed by atoms with Crippen LogP contribution in [0.5, 0.6) is 0 Å². The molecule has 0 aromatic carbocycles. The van der Waals surface area contributed by atoms with Crippen LogP contribution in [0.3, 0.4) is 0 Å². The molecule has 3 aliphatic rings. The van der Waals surface area contributed by atoms with Gasteiger partial charge < -0.3 is 9.42 Å². The van der Waals surface area contributed by atoms with Gasteiger partial charge in [-0.25, -0.2) is 0 Å². The molecule has 0 radical (unpaired) electrons. The van der Waals surface area contributed by atoms with Gasteiger partial charge in [-0.15, -0.1) is 0 Å². The maximum absolute atomic E-state index is 12.5. The lowest BCUT2D eigenvalue weighted by Gasteiger charge is -2.49. The van der Waals surface area contributed by atoms with Crippen LogP contribution in [-0.4, -0.2) is 28.6 Å². The number of likely N-dealkylation sites (tertiary alicyclic amines) is 1. The Morgan fingerprint density at radius 3 is 2.75 bits per heavy atom. The van der Waals surface area contributed by atoms with Crippen LogP contribution in [-0.2, 0) is 0 Å². The van der Waals surface area contributed by atoms with E-state index in [1.165, 1.54) is 51.4 Å². The predicted molar refractivity (Wildman–Crippen MR) is 74.5 cm³/mol. The first-order valence-corrected chi connectivity index (χ1v) is 8.10. The quantitative estimate of drug-likeness (QED) is 0.831. The Hall–Kier alpha value is -1.32. The highest BCUT2D eigenvalue weighted by Crippen LogP contribution is 2.41. The second-order valence-electron chi connectivity index (χ2n) is 6.67. The Bertz CT molecular complexity index is 506. The van der Waals surface area contributed by atoms with Gasteiger partial charge in [0.2, 0.25) is 0 Å². The van der Waals surface area contributed by atoms with Crippen LogP contribution in [0.25, 0.3) is 0 Å². The molecule has 1 aromatic rings. The Balaban J connectivity index is 1.45. The average molecular weight is 274 g/mol. The Kier molecular flexibility index (Phi) is 3.04. The molecule has 1 aliphatic heterocycles. The molecular weight excluding hydrogens is 252 g/mol. The summed E-state index contributed by atoms with van der Waals surface area (Å²) < 4.78 is 5.31.